The van der Waals surface area contributed by atoms with E-state index in [0.717, 1.165) is 39.1 Å². The molecule has 0 bridgehead atoms. The van der Waals surface area contributed by atoms with Crippen molar-refractivity contribution in [3.63, 3.8) is 0 Å². The minimum Gasteiger partial charge on any atom is -0.468 e. The topological polar surface area (TPSA) is 44.8 Å². The highest BCUT2D eigenvalue weighted by atomic mass is 16.5. The summed E-state index contributed by atoms with van der Waals surface area (Å²) in [6, 6.07) is -0.166. The second kappa shape index (κ2) is 8.45. The van der Waals surface area contributed by atoms with Gasteiger partial charge in [0, 0.05) is 19.6 Å². The quantitative estimate of drug-likeness (QED) is 0.687. The molecule has 0 aromatic rings. The molecule has 18 heavy (non-hydrogen) atoms. The van der Waals surface area contributed by atoms with Crippen molar-refractivity contribution in [3.05, 3.63) is 0 Å². The summed E-state index contributed by atoms with van der Waals surface area (Å²) in [6.45, 7) is 8.27. The molecule has 0 aromatic carbocycles. The van der Waals surface area contributed by atoms with Crippen LogP contribution in [0.15, 0.2) is 0 Å². The molecular weight excluding hydrogens is 230 g/mol. The Labute approximate surface area is 110 Å². The monoisotopic (exact) mass is 257 g/mol. The highest BCUT2D eigenvalue weighted by molar-refractivity contribution is 5.75. The van der Waals surface area contributed by atoms with E-state index in [1.807, 2.05) is 6.92 Å². The predicted molar refractivity (Wildman–Crippen MR) is 72.7 cm³/mol. The number of methoxy groups -OCH3 is 1. The summed E-state index contributed by atoms with van der Waals surface area (Å²) < 4.78 is 4.82. The first-order valence-electron chi connectivity index (χ1n) is 6.89. The van der Waals surface area contributed by atoms with Crippen molar-refractivity contribution in [2.24, 2.45) is 0 Å². The number of nitrogens with one attached hydrogen (secondary N) is 1. The number of likely N-dealkylation sites (N-methyl/N-ethyl adjacent to an activating group) is 2. The molecule has 1 atom stereocenters. The van der Waals surface area contributed by atoms with Gasteiger partial charge in [-0.1, -0.05) is 6.92 Å². The Morgan fingerprint density at radius 3 is 2.78 bits per heavy atom. The van der Waals surface area contributed by atoms with E-state index in [1.165, 1.54) is 20.1 Å². The van der Waals surface area contributed by atoms with Crippen LogP contribution in [-0.4, -0.2) is 75.2 Å². The van der Waals surface area contributed by atoms with Gasteiger partial charge in [0.2, 0.25) is 0 Å². The van der Waals surface area contributed by atoms with Crippen LogP contribution < -0.4 is 5.32 Å². The van der Waals surface area contributed by atoms with Gasteiger partial charge in [-0.3, -0.25) is 4.79 Å². The average Bonchev–Trinajstić information content (AvgIpc) is 2.58. The predicted octanol–water partition coefficient (Wildman–Crippen LogP) is 0.165. The third-order valence-electron chi connectivity index (χ3n) is 3.48. The fourth-order valence-electron chi connectivity index (χ4n) is 2.33. The number of nitrogens with zero attached hydrogens (tertiary/aromatic N) is 2. The normalized spacial score (nSPS) is 20.4. The van der Waals surface area contributed by atoms with E-state index in [-0.39, 0.29) is 12.0 Å². The summed E-state index contributed by atoms with van der Waals surface area (Å²) in [6.07, 6.45) is 2.03. The van der Waals surface area contributed by atoms with E-state index in [4.69, 9.17) is 4.74 Å². The highest BCUT2D eigenvalue weighted by Crippen LogP contribution is 2.04. The lowest BCUT2D eigenvalue weighted by atomic mass is 10.2. The van der Waals surface area contributed by atoms with Crippen molar-refractivity contribution >= 4 is 5.97 Å². The van der Waals surface area contributed by atoms with Crippen molar-refractivity contribution in [2.75, 3.05) is 53.4 Å². The lowest BCUT2D eigenvalue weighted by Gasteiger charge is -2.23. The summed E-state index contributed by atoms with van der Waals surface area (Å²) in [4.78, 5) is 16.4. The SMILES string of the molecule is CCNC(CCN1CCCN(C)CC1)C(=O)OC. The molecule has 1 saturated heterocycles. The molecule has 1 N–H and O–H groups in total. The summed E-state index contributed by atoms with van der Waals surface area (Å²) in [5.74, 6) is -0.149. The molecule has 1 aliphatic rings. The van der Waals surface area contributed by atoms with E-state index in [9.17, 15) is 4.79 Å². The number of rotatable bonds is 6. The average molecular weight is 257 g/mol. The first kappa shape index (κ1) is 15.4. The van der Waals surface area contributed by atoms with Crippen molar-refractivity contribution in [1.82, 2.24) is 15.1 Å². The molecule has 1 rings (SSSR count). The van der Waals surface area contributed by atoms with E-state index < -0.39 is 0 Å². The molecule has 5 nitrogen and oxygen atoms in total. The number of esters is 1. The fourth-order valence-corrected chi connectivity index (χ4v) is 2.33. The third kappa shape index (κ3) is 5.33. The lowest BCUT2D eigenvalue weighted by Crippen LogP contribution is -2.41. The molecule has 5 heteroatoms. The van der Waals surface area contributed by atoms with Crippen molar-refractivity contribution in [3.8, 4) is 0 Å². The first-order valence-corrected chi connectivity index (χ1v) is 6.89. The maximum atomic E-state index is 11.6. The van der Waals surface area contributed by atoms with Gasteiger partial charge in [0.1, 0.15) is 6.04 Å². The Morgan fingerprint density at radius 2 is 2.11 bits per heavy atom. The Hall–Kier alpha value is -0.650. The summed E-state index contributed by atoms with van der Waals surface area (Å²) >= 11 is 0. The van der Waals surface area contributed by atoms with Crippen LogP contribution in [0.1, 0.15) is 19.8 Å². The molecule has 1 heterocycles. The smallest absolute Gasteiger partial charge is 0.322 e. The molecule has 0 aliphatic carbocycles. The Balaban J connectivity index is 2.34. The number of carbonyl (C=O) groups excluding carboxylic acids is 1. The molecule has 0 radical (unpaired) electrons. The molecule has 0 saturated carbocycles. The van der Waals surface area contributed by atoms with E-state index >= 15 is 0 Å². The van der Waals surface area contributed by atoms with Crippen LogP contribution in [0.4, 0.5) is 0 Å². The number of carbonyl (C=O) groups is 1. The Kier molecular flexibility index (Phi) is 7.23. The van der Waals surface area contributed by atoms with Crippen molar-refractivity contribution in [2.45, 2.75) is 25.8 Å². The van der Waals surface area contributed by atoms with Crippen LogP contribution >= 0.6 is 0 Å². The van der Waals surface area contributed by atoms with Gasteiger partial charge in [0.25, 0.3) is 0 Å². The van der Waals surface area contributed by atoms with Crippen molar-refractivity contribution < 1.29 is 9.53 Å². The van der Waals surface area contributed by atoms with Gasteiger partial charge in [-0.25, -0.2) is 0 Å². The third-order valence-corrected chi connectivity index (χ3v) is 3.48. The van der Waals surface area contributed by atoms with Crippen LogP contribution in [0, 0.1) is 0 Å². The highest BCUT2D eigenvalue weighted by Gasteiger charge is 2.19. The van der Waals surface area contributed by atoms with Crippen LogP contribution in [0.5, 0.6) is 0 Å². The fraction of sp³-hybridized carbons (Fsp3) is 0.923. The molecule has 0 aromatic heterocycles. The van der Waals surface area contributed by atoms with Gasteiger partial charge < -0.3 is 19.9 Å². The molecule has 106 valence electrons. The zero-order chi connectivity index (χ0) is 13.4. The summed E-state index contributed by atoms with van der Waals surface area (Å²) in [5.41, 5.74) is 0. The number of hydrogen-bond donors (Lipinski definition) is 1. The number of ether oxygens (including phenoxy) is 1. The standard InChI is InChI=1S/C13H27N3O2/c1-4-14-12(13(17)18-3)6-9-16-8-5-7-15(2)10-11-16/h12,14H,4-11H2,1-3H3. The maximum Gasteiger partial charge on any atom is 0.322 e. The minimum absolute atomic E-state index is 0.149. The maximum absolute atomic E-state index is 11.6. The zero-order valence-corrected chi connectivity index (χ0v) is 11.9. The van der Waals surface area contributed by atoms with Gasteiger partial charge in [-0.05, 0) is 39.5 Å². The molecule has 0 amide bonds. The number of hydrogen-bond acceptors (Lipinski definition) is 5. The second-order valence-corrected chi connectivity index (χ2v) is 4.92. The van der Waals surface area contributed by atoms with E-state index in [0.29, 0.717) is 0 Å². The van der Waals surface area contributed by atoms with Gasteiger partial charge in [-0.2, -0.15) is 0 Å². The first-order chi connectivity index (χ1) is 8.67. The van der Waals surface area contributed by atoms with E-state index in [1.54, 1.807) is 0 Å². The minimum atomic E-state index is -0.166. The van der Waals surface area contributed by atoms with Crippen LogP contribution in [0.3, 0.4) is 0 Å². The van der Waals surface area contributed by atoms with Crippen LogP contribution in [0.2, 0.25) is 0 Å². The zero-order valence-electron chi connectivity index (χ0n) is 11.9. The Morgan fingerprint density at radius 1 is 1.33 bits per heavy atom. The molecule has 1 aliphatic heterocycles. The molecule has 1 fully saturated rings. The summed E-state index contributed by atoms with van der Waals surface area (Å²) in [5, 5.41) is 3.19. The Bertz CT molecular complexity index is 248. The van der Waals surface area contributed by atoms with Gasteiger partial charge in [-0.15, -0.1) is 0 Å². The second-order valence-electron chi connectivity index (χ2n) is 4.92. The summed E-state index contributed by atoms with van der Waals surface area (Å²) in [7, 11) is 3.62. The lowest BCUT2D eigenvalue weighted by molar-refractivity contribution is -0.143. The van der Waals surface area contributed by atoms with Crippen LogP contribution in [0.25, 0.3) is 0 Å². The van der Waals surface area contributed by atoms with Gasteiger partial charge in [0.05, 0.1) is 7.11 Å². The van der Waals surface area contributed by atoms with Gasteiger partial charge in [0.15, 0.2) is 0 Å². The molecule has 1 unspecified atom stereocenters. The molecule has 0 spiro atoms. The molecular formula is C13H27N3O2. The van der Waals surface area contributed by atoms with Crippen LogP contribution in [-0.2, 0) is 9.53 Å². The van der Waals surface area contributed by atoms with E-state index in [2.05, 4.69) is 22.2 Å². The van der Waals surface area contributed by atoms with Gasteiger partial charge >= 0.3 is 5.97 Å². The van der Waals surface area contributed by atoms with Crippen molar-refractivity contribution in [1.29, 1.82) is 0 Å². The largest absolute Gasteiger partial charge is 0.468 e.